The number of thiazole rings is 1. The standard InChI is InChI=1S/C27H26ClF3N6O2S/c28-19-11-15(29)3-6-18(19)23-22(20-7-9-37(35-20)27(30)31)21-12-16(33-25(39)14-1-4-17(38)5-2-14)13-36(21)24(34-23)26-32-8-10-40-26/h3,6-11,14,16-17,23,27,38H,1-2,4-5,12-13H2,(H,33,39)/t14?,16?,17?,23-/m0/s1. The second-order valence-electron chi connectivity index (χ2n) is 10.2. The highest BCUT2D eigenvalue weighted by atomic mass is 35.5. The minimum atomic E-state index is -2.83. The Kier molecular flexibility index (Phi) is 7.41. The number of alkyl halides is 2. The summed E-state index contributed by atoms with van der Waals surface area (Å²) in [5.74, 6) is -0.184. The number of amidine groups is 1. The van der Waals surface area contributed by atoms with Crippen LogP contribution < -0.4 is 5.32 Å². The fourth-order valence-corrected chi connectivity index (χ4v) is 6.62. The SMILES string of the molecule is O=C(NC1CC2=C(c3ccn(C(F)F)n3)[C@H](c3ccc(F)cc3Cl)N=C(c3nccs3)N2C1)C1CCC(O)CC1. The Balaban J connectivity index is 1.42. The van der Waals surface area contributed by atoms with Gasteiger partial charge in [0.05, 0.1) is 17.8 Å². The number of nitrogens with one attached hydrogen (secondary N) is 1. The molecule has 2 atom stereocenters. The van der Waals surface area contributed by atoms with E-state index in [2.05, 4.69) is 15.4 Å². The van der Waals surface area contributed by atoms with Crippen molar-refractivity contribution in [1.82, 2.24) is 25.0 Å². The zero-order valence-corrected chi connectivity index (χ0v) is 22.8. The lowest BCUT2D eigenvalue weighted by Crippen LogP contribution is -2.42. The number of benzene rings is 1. The molecule has 210 valence electrons. The first-order valence-corrected chi connectivity index (χ1v) is 14.3. The van der Waals surface area contributed by atoms with E-state index in [0.717, 1.165) is 5.70 Å². The Bertz CT molecular complexity index is 1470. The summed E-state index contributed by atoms with van der Waals surface area (Å²) in [6, 6.07) is 4.46. The number of aliphatic hydroxyl groups is 1. The van der Waals surface area contributed by atoms with Gasteiger partial charge >= 0.3 is 6.55 Å². The van der Waals surface area contributed by atoms with E-state index in [1.54, 1.807) is 6.20 Å². The van der Waals surface area contributed by atoms with Crippen molar-refractivity contribution < 1.29 is 23.1 Å². The average molecular weight is 591 g/mol. The first-order chi connectivity index (χ1) is 19.3. The van der Waals surface area contributed by atoms with Crippen LogP contribution in [0.2, 0.25) is 5.02 Å². The summed E-state index contributed by atoms with van der Waals surface area (Å²) in [5, 5.41) is 19.8. The van der Waals surface area contributed by atoms with E-state index in [1.807, 2.05) is 10.3 Å². The summed E-state index contributed by atoms with van der Waals surface area (Å²) in [6.07, 6.45) is 5.34. The van der Waals surface area contributed by atoms with Crippen molar-refractivity contribution in [2.75, 3.05) is 6.54 Å². The first kappa shape index (κ1) is 27.0. The molecule has 1 aromatic carbocycles. The predicted octanol–water partition coefficient (Wildman–Crippen LogP) is 5.18. The number of carbonyl (C=O) groups is 1. The van der Waals surface area contributed by atoms with Gasteiger partial charge in [-0.25, -0.2) is 14.1 Å². The maximum absolute atomic E-state index is 14.0. The lowest BCUT2D eigenvalue weighted by atomic mass is 9.86. The zero-order chi connectivity index (χ0) is 28.0. The van der Waals surface area contributed by atoms with Gasteiger partial charge in [-0.05, 0) is 43.9 Å². The number of aliphatic hydroxyl groups excluding tert-OH is 1. The number of hydrogen-bond donors (Lipinski definition) is 2. The van der Waals surface area contributed by atoms with Gasteiger partial charge in [0.1, 0.15) is 11.9 Å². The molecule has 3 aromatic rings. The third-order valence-electron chi connectivity index (χ3n) is 7.64. The highest BCUT2D eigenvalue weighted by Crippen LogP contribution is 2.46. The van der Waals surface area contributed by atoms with E-state index < -0.39 is 18.4 Å². The van der Waals surface area contributed by atoms with Crippen molar-refractivity contribution in [3.05, 3.63) is 74.8 Å². The minimum absolute atomic E-state index is 0.0632. The molecule has 2 fully saturated rings. The molecule has 0 spiro atoms. The van der Waals surface area contributed by atoms with Gasteiger partial charge in [-0.2, -0.15) is 13.9 Å². The maximum Gasteiger partial charge on any atom is 0.333 e. The highest BCUT2D eigenvalue weighted by molar-refractivity contribution is 7.11. The lowest BCUT2D eigenvalue weighted by molar-refractivity contribution is -0.127. The van der Waals surface area contributed by atoms with Crippen molar-refractivity contribution in [2.45, 2.75) is 56.8 Å². The van der Waals surface area contributed by atoms with Crippen LogP contribution in [0.3, 0.4) is 0 Å². The fraction of sp³-hybridized carbons (Fsp3) is 0.407. The summed E-state index contributed by atoms with van der Waals surface area (Å²) in [7, 11) is 0. The Morgan fingerprint density at radius 1 is 1.20 bits per heavy atom. The van der Waals surface area contributed by atoms with Crippen LogP contribution in [0.15, 0.2) is 52.7 Å². The van der Waals surface area contributed by atoms with Crippen molar-refractivity contribution in [1.29, 1.82) is 0 Å². The summed E-state index contributed by atoms with van der Waals surface area (Å²) in [6.45, 7) is -2.43. The van der Waals surface area contributed by atoms with Gasteiger partial charge in [0, 0.05) is 58.5 Å². The average Bonchev–Trinajstić information content (AvgIpc) is 3.69. The number of fused-ring (bicyclic) bond motifs is 1. The van der Waals surface area contributed by atoms with E-state index in [-0.39, 0.29) is 29.0 Å². The molecule has 2 N–H and O–H groups in total. The van der Waals surface area contributed by atoms with Crippen LogP contribution in [0.25, 0.3) is 5.57 Å². The lowest BCUT2D eigenvalue weighted by Gasteiger charge is -2.32. The number of rotatable bonds is 6. The number of halogens is 4. The van der Waals surface area contributed by atoms with E-state index in [1.165, 1.54) is 41.8 Å². The van der Waals surface area contributed by atoms with Gasteiger partial charge < -0.3 is 15.3 Å². The molecule has 4 heterocycles. The normalized spacial score (nSPS) is 24.9. The molecule has 0 bridgehead atoms. The van der Waals surface area contributed by atoms with Gasteiger partial charge in [-0.15, -0.1) is 11.3 Å². The summed E-state index contributed by atoms with van der Waals surface area (Å²) in [5.41, 5.74) is 2.11. The molecule has 1 unspecified atom stereocenters. The molecule has 1 saturated heterocycles. The largest absolute Gasteiger partial charge is 0.393 e. The van der Waals surface area contributed by atoms with Gasteiger partial charge in [-0.1, -0.05) is 17.7 Å². The molecule has 13 heteroatoms. The first-order valence-electron chi connectivity index (χ1n) is 13.0. The molecule has 2 aromatic heterocycles. The zero-order valence-electron chi connectivity index (χ0n) is 21.2. The summed E-state index contributed by atoms with van der Waals surface area (Å²) in [4.78, 5) is 24.6. The molecular formula is C27H26ClF3N6O2S. The van der Waals surface area contributed by atoms with Gasteiger partial charge in [0.25, 0.3) is 0 Å². The number of aromatic nitrogens is 3. The van der Waals surface area contributed by atoms with Gasteiger partial charge in [0.15, 0.2) is 10.8 Å². The monoisotopic (exact) mass is 590 g/mol. The Morgan fingerprint density at radius 3 is 2.67 bits per heavy atom. The third-order valence-corrected chi connectivity index (χ3v) is 8.74. The van der Waals surface area contributed by atoms with Crippen LogP contribution in [0.1, 0.15) is 61.0 Å². The molecule has 3 aliphatic rings. The number of aliphatic imine (C=N–C) groups is 1. The van der Waals surface area contributed by atoms with Gasteiger partial charge in [0.2, 0.25) is 5.91 Å². The van der Waals surface area contributed by atoms with E-state index >= 15 is 0 Å². The van der Waals surface area contributed by atoms with Crippen LogP contribution >= 0.6 is 22.9 Å². The van der Waals surface area contributed by atoms with Crippen LogP contribution in [-0.2, 0) is 4.79 Å². The smallest absolute Gasteiger partial charge is 0.333 e. The molecule has 1 saturated carbocycles. The molecule has 6 rings (SSSR count). The number of nitrogens with zero attached hydrogens (tertiary/aromatic N) is 5. The molecular weight excluding hydrogens is 565 g/mol. The Hall–Kier alpha value is -3.22. The summed E-state index contributed by atoms with van der Waals surface area (Å²) >= 11 is 7.90. The number of hydrogen-bond acceptors (Lipinski definition) is 7. The Labute approximate surface area is 237 Å². The van der Waals surface area contributed by atoms with Crippen molar-refractivity contribution in [3.8, 4) is 0 Å². The van der Waals surface area contributed by atoms with Crippen molar-refractivity contribution >= 4 is 40.3 Å². The number of amides is 1. The van der Waals surface area contributed by atoms with E-state index in [9.17, 15) is 23.1 Å². The second-order valence-corrected chi connectivity index (χ2v) is 11.5. The van der Waals surface area contributed by atoms with Gasteiger partial charge in [-0.3, -0.25) is 9.79 Å². The molecule has 0 radical (unpaired) electrons. The fourth-order valence-electron chi connectivity index (χ4n) is 5.71. The molecule has 1 amide bonds. The molecule has 8 nitrogen and oxygen atoms in total. The highest BCUT2D eigenvalue weighted by Gasteiger charge is 2.42. The number of carbonyl (C=O) groups excluding carboxylic acids is 1. The maximum atomic E-state index is 14.0. The van der Waals surface area contributed by atoms with Crippen LogP contribution in [-0.4, -0.2) is 55.2 Å². The van der Waals surface area contributed by atoms with Crippen molar-refractivity contribution in [3.63, 3.8) is 0 Å². The predicted molar refractivity (Wildman–Crippen MR) is 144 cm³/mol. The minimum Gasteiger partial charge on any atom is -0.393 e. The third kappa shape index (κ3) is 5.15. The topological polar surface area (TPSA) is 95.6 Å². The molecule has 1 aliphatic carbocycles. The van der Waals surface area contributed by atoms with E-state index in [0.29, 0.717) is 71.0 Å². The van der Waals surface area contributed by atoms with Crippen molar-refractivity contribution in [2.24, 2.45) is 10.9 Å². The summed E-state index contributed by atoms with van der Waals surface area (Å²) < 4.78 is 41.6. The second kappa shape index (κ2) is 11.0. The van der Waals surface area contributed by atoms with Crippen LogP contribution in [0, 0.1) is 11.7 Å². The quantitative estimate of drug-likeness (QED) is 0.412. The van der Waals surface area contributed by atoms with E-state index in [4.69, 9.17) is 16.6 Å². The van der Waals surface area contributed by atoms with Crippen LogP contribution in [0.5, 0.6) is 0 Å². The van der Waals surface area contributed by atoms with Crippen LogP contribution in [0.4, 0.5) is 13.2 Å². The molecule has 40 heavy (non-hydrogen) atoms. The molecule has 2 aliphatic heterocycles. The Morgan fingerprint density at radius 2 is 2.00 bits per heavy atom.